The van der Waals surface area contributed by atoms with Crippen LogP contribution in [0.5, 0.6) is 0 Å². The van der Waals surface area contributed by atoms with E-state index in [4.69, 9.17) is 16.3 Å². The molecule has 0 bridgehead atoms. The third-order valence-corrected chi connectivity index (χ3v) is 3.19. The fourth-order valence-electron chi connectivity index (χ4n) is 2.05. The zero-order valence-corrected chi connectivity index (χ0v) is 12.2. The van der Waals surface area contributed by atoms with Gasteiger partial charge in [0.1, 0.15) is 0 Å². The summed E-state index contributed by atoms with van der Waals surface area (Å²) in [6, 6.07) is 8.65. The van der Waals surface area contributed by atoms with E-state index in [0.29, 0.717) is 6.04 Å². The van der Waals surface area contributed by atoms with Gasteiger partial charge in [-0.3, -0.25) is 0 Å². The predicted molar refractivity (Wildman–Crippen MR) is 78.3 cm³/mol. The summed E-state index contributed by atoms with van der Waals surface area (Å²) in [5.74, 6) is 0. The van der Waals surface area contributed by atoms with Crippen LogP contribution in [0.3, 0.4) is 0 Å². The SMILES string of the molecule is CCNC(CCCOCC)Cc1ccc(Cl)cc1. The maximum atomic E-state index is 5.90. The van der Waals surface area contributed by atoms with Gasteiger partial charge < -0.3 is 10.1 Å². The molecule has 0 radical (unpaired) electrons. The van der Waals surface area contributed by atoms with E-state index in [2.05, 4.69) is 24.4 Å². The van der Waals surface area contributed by atoms with Gasteiger partial charge in [0.2, 0.25) is 0 Å². The lowest BCUT2D eigenvalue weighted by Crippen LogP contribution is -2.31. The monoisotopic (exact) mass is 269 g/mol. The molecule has 1 unspecified atom stereocenters. The van der Waals surface area contributed by atoms with Gasteiger partial charge in [-0.1, -0.05) is 30.7 Å². The van der Waals surface area contributed by atoms with Crippen LogP contribution in [0.4, 0.5) is 0 Å². The second-order valence-corrected chi connectivity index (χ2v) is 4.86. The van der Waals surface area contributed by atoms with Crippen LogP contribution in [-0.2, 0) is 11.2 Å². The average molecular weight is 270 g/mol. The van der Waals surface area contributed by atoms with Crippen LogP contribution in [0.2, 0.25) is 5.02 Å². The Balaban J connectivity index is 2.38. The minimum absolute atomic E-state index is 0.525. The minimum atomic E-state index is 0.525. The fourth-order valence-corrected chi connectivity index (χ4v) is 2.17. The van der Waals surface area contributed by atoms with Crippen molar-refractivity contribution in [2.24, 2.45) is 0 Å². The molecule has 1 aromatic rings. The van der Waals surface area contributed by atoms with Crippen LogP contribution in [0, 0.1) is 0 Å². The maximum absolute atomic E-state index is 5.90. The van der Waals surface area contributed by atoms with Gasteiger partial charge >= 0.3 is 0 Å². The Morgan fingerprint density at radius 2 is 1.94 bits per heavy atom. The standard InChI is InChI=1S/C15H24ClNO/c1-3-17-15(6-5-11-18-4-2)12-13-7-9-14(16)10-8-13/h7-10,15,17H,3-6,11-12H2,1-2H3. The first-order valence-corrected chi connectivity index (χ1v) is 7.19. The van der Waals surface area contributed by atoms with E-state index < -0.39 is 0 Å². The van der Waals surface area contributed by atoms with Gasteiger partial charge in [0.15, 0.2) is 0 Å². The van der Waals surface area contributed by atoms with Gasteiger partial charge in [-0.2, -0.15) is 0 Å². The van der Waals surface area contributed by atoms with Gasteiger partial charge in [0.25, 0.3) is 0 Å². The van der Waals surface area contributed by atoms with Crippen LogP contribution in [0.15, 0.2) is 24.3 Å². The highest BCUT2D eigenvalue weighted by Crippen LogP contribution is 2.12. The van der Waals surface area contributed by atoms with Crippen LogP contribution in [0.1, 0.15) is 32.3 Å². The highest BCUT2D eigenvalue weighted by Gasteiger charge is 2.08. The molecule has 1 aromatic carbocycles. The number of ether oxygens (including phenoxy) is 1. The second-order valence-electron chi connectivity index (χ2n) is 4.42. The number of hydrogen-bond donors (Lipinski definition) is 1. The topological polar surface area (TPSA) is 21.3 Å². The van der Waals surface area contributed by atoms with E-state index in [1.807, 2.05) is 19.1 Å². The predicted octanol–water partition coefficient (Wildman–Crippen LogP) is 3.68. The lowest BCUT2D eigenvalue weighted by Gasteiger charge is -2.18. The summed E-state index contributed by atoms with van der Waals surface area (Å²) in [5, 5.41) is 4.34. The minimum Gasteiger partial charge on any atom is -0.382 e. The molecule has 2 nitrogen and oxygen atoms in total. The first-order chi connectivity index (χ1) is 8.76. The molecule has 102 valence electrons. The van der Waals surface area contributed by atoms with Crippen LogP contribution >= 0.6 is 11.6 Å². The molecule has 3 heteroatoms. The van der Waals surface area contributed by atoms with Crippen molar-refractivity contribution in [2.45, 2.75) is 39.2 Å². The summed E-state index contributed by atoms with van der Waals surface area (Å²) in [6.45, 7) is 6.86. The molecule has 0 amide bonds. The Hall–Kier alpha value is -0.570. The molecular weight excluding hydrogens is 246 g/mol. The molecule has 0 aliphatic rings. The maximum Gasteiger partial charge on any atom is 0.0466 e. The smallest absolute Gasteiger partial charge is 0.0466 e. The molecule has 1 rings (SSSR count). The Labute approximate surface area is 116 Å². The number of halogens is 1. The fraction of sp³-hybridized carbons (Fsp3) is 0.600. The number of likely N-dealkylation sites (N-methyl/N-ethyl adjacent to an activating group) is 1. The summed E-state index contributed by atoms with van der Waals surface area (Å²) in [7, 11) is 0. The van der Waals surface area contributed by atoms with E-state index in [0.717, 1.165) is 44.0 Å². The number of benzene rings is 1. The van der Waals surface area contributed by atoms with E-state index in [9.17, 15) is 0 Å². The van der Waals surface area contributed by atoms with E-state index in [-0.39, 0.29) is 0 Å². The first kappa shape index (κ1) is 15.5. The highest BCUT2D eigenvalue weighted by molar-refractivity contribution is 6.30. The lowest BCUT2D eigenvalue weighted by molar-refractivity contribution is 0.141. The van der Waals surface area contributed by atoms with Crippen LogP contribution in [-0.4, -0.2) is 25.8 Å². The highest BCUT2D eigenvalue weighted by atomic mass is 35.5. The van der Waals surface area contributed by atoms with Crippen molar-refractivity contribution in [3.63, 3.8) is 0 Å². The van der Waals surface area contributed by atoms with E-state index >= 15 is 0 Å². The van der Waals surface area contributed by atoms with E-state index in [1.54, 1.807) is 0 Å². The molecule has 0 heterocycles. The molecule has 0 spiro atoms. The van der Waals surface area contributed by atoms with Crippen molar-refractivity contribution in [3.05, 3.63) is 34.9 Å². The number of nitrogens with one attached hydrogen (secondary N) is 1. The Morgan fingerprint density at radius 3 is 2.56 bits per heavy atom. The molecule has 0 aliphatic heterocycles. The Kier molecular flexibility index (Phi) is 8.06. The molecule has 1 N–H and O–H groups in total. The molecule has 0 aliphatic carbocycles. The first-order valence-electron chi connectivity index (χ1n) is 6.81. The third kappa shape index (κ3) is 6.39. The molecule has 0 saturated carbocycles. The largest absolute Gasteiger partial charge is 0.382 e. The lowest BCUT2D eigenvalue weighted by atomic mass is 10.0. The van der Waals surface area contributed by atoms with Gasteiger partial charge in [-0.15, -0.1) is 0 Å². The van der Waals surface area contributed by atoms with Crippen molar-refractivity contribution in [1.29, 1.82) is 0 Å². The molecule has 0 fully saturated rings. The van der Waals surface area contributed by atoms with Crippen LogP contribution in [0.25, 0.3) is 0 Å². The zero-order valence-electron chi connectivity index (χ0n) is 11.4. The molecule has 18 heavy (non-hydrogen) atoms. The summed E-state index contributed by atoms with van der Waals surface area (Å²) < 4.78 is 5.38. The third-order valence-electron chi connectivity index (χ3n) is 2.93. The molecule has 1 atom stereocenters. The van der Waals surface area contributed by atoms with Crippen molar-refractivity contribution >= 4 is 11.6 Å². The number of rotatable bonds is 9. The summed E-state index contributed by atoms with van der Waals surface area (Å²) >= 11 is 5.90. The summed E-state index contributed by atoms with van der Waals surface area (Å²) in [6.07, 6.45) is 3.31. The molecule has 0 saturated heterocycles. The van der Waals surface area contributed by atoms with Gasteiger partial charge in [-0.05, 0) is 50.4 Å². The van der Waals surface area contributed by atoms with Crippen molar-refractivity contribution < 1.29 is 4.74 Å². The van der Waals surface area contributed by atoms with Crippen molar-refractivity contribution in [2.75, 3.05) is 19.8 Å². The average Bonchev–Trinajstić information content (AvgIpc) is 2.37. The molecule has 0 aromatic heterocycles. The van der Waals surface area contributed by atoms with E-state index in [1.165, 1.54) is 5.56 Å². The quantitative estimate of drug-likeness (QED) is 0.691. The second kappa shape index (κ2) is 9.37. The summed E-state index contributed by atoms with van der Waals surface area (Å²) in [5.41, 5.74) is 1.33. The Bertz CT molecular complexity index is 313. The number of hydrogen-bond acceptors (Lipinski definition) is 2. The van der Waals surface area contributed by atoms with Gasteiger partial charge in [-0.25, -0.2) is 0 Å². The van der Waals surface area contributed by atoms with Gasteiger partial charge in [0, 0.05) is 24.3 Å². The molecular formula is C15H24ClNO. The van der Waals surface area contributed by atoms with Crippen molar-refractivity contribution in [1.82, 2.24) is 5.32 Å². The Morgan fingerprint density at radius 1 is 1.22 bits per heavy atom. The normalized spacial score (nSPS) is 12.6. The summed E-state index contributed by atoms with van der Waals surface area (Å²) in [4.78, 5) is 0. The van der Waals surface area contributed by atoms with Gasteiger partial charge in [0.05, 0.1) is 0 Å². The van der Waals surface area contributed by atoms with Crippen molar-refractivity contribution in [3.8, 4) is 0 Å². The van der Waals surface area contributed by atoms with Crippen LogP contribution < -0.4 is 5.32 Å². The zero-order chi connectivity index (χ0) is 13.2.